The Labute approximate surface area is 121 Å². The number of hydrogen-bond acceptors (Lipinski definition) is 3. The van der Waals surface area contributed by atoms with E-state index in [4.69, 9.17) is 5.73 Å². The van der Waals surface area contributed by atoms with Crippen LogP contribution in [0.4, 0.5) is 4.39 Å². The van der Waals surface area contributed by atoms with Gasteiger partial charge in [0.2, 0.25) is 0 Å². The lowest BCUT2D eigenvalue weighted by Crippen LogP contribution is -2.54. The van der Waals surface area contributed by atoms with Crippen LogP contribution in [0.1, 0.15) is 32.4 Å². The highest BCUT2D eigenvalue weighted by Crippen LogP contribution is 2.26. The van der Waals surface area contributed by atoms with Gasteiger partial charge in [0.25, 0.3) is 0 Å². The molecule has 0 aliphatic carbocycles. The minimum Gasteiger partial charge on any atom is -0.326 e. The first-order valence-corrected chi connectivity index (χ1v) is 7.52. The van der Waals surface area contributed by atoms with Gasteiger partial charge < -0.3 is 5.73 Å². The first kappa shape index (κ1) is 15.4. The lowest BCUT2D eigenvalue weighted by molar-refractivity contribution is 0.0516. The predicted octanol–water partition coefficient (Wildman–Crippen LogP) is 2.24. The molecule has 3 atom stereocenters. The molecule has 1 aromatic carbocycles. The summed E-state index contributed by atoms with van der Waals surface area (Å²) in [6, 6.07) is 7.50. The minimum atomic E-state index is -0.193. The average Bonchev–Trinajstić information content (AvgIpc) is 2.41. The molecule has 1 fully saturated rings. The predicted molar refractivity (Wildman–Crippen MR) is 81.1 cm³/mol. The first-order valence-electron chi connectivity index (χ1n) is 7.52. The maximum absolute atomic E-state index is 13.1. The Morgan fingerprint density at radius 3 is 2.45 bits per heavy atom. The summed E-state index contributed by atoms with van der Waals surface area (Å²) in [5.41, 5.74) is 7.31. The molecule has 1 aromatic rings. The highest BCUT2D eigenvalue weighted by atomic mass is 19.1. The Kier molecular flexibility index (Phi) is 5.13. The molecule has 0 radical (unpaired) electrons. The van der Waals surface area contributed by atoms with Gasteiger partial charge in [0.15, 0.2) is 0 Å². The van der Waals surface area contributed by atoms with Gasteiger partial charge in [-0.2, -0.15) is 0 Å². The lowest BCUT2D eigenvalue weighted by atomic mass is 9.97. The van der Waals surface area contributed by atoms with Crippen molar-refractivity contribution in [2.75, 3.05) is 26.2 Å². The Morgan fingerprint density at radius 1 is 1.30 bits per heavy atom. The number of rotatable bonds is 4. The van der Waals surface area contributed by atoms with Crippen LogP contribution in [-0.4, -0.2) is 48.1 Å². The van der Waals surface area contributed by atoms with Gasteiger partial charge in [0.05, 0.1) is 0 Å². The highest BCUT2D eigenvalue weighted by molar-refractivity contribution is 5.21. The van der Waals surface area contributed by atoms with Crippen molar-refractivity contribution in [1.29, 1.82) is 0 Å². The second-order valence-corrected chi connectivity index (χ2v) is 5.83. The number of nitrogens with two attached hydrogens (primary N) is 1. The molecule has 0 aromatic heterocycles. The summed E-state index contributed by atoms with van der Waals surface area (Å²) in [6.07, 6.45) is 0. The van der Waals surface area contributed by atoms with Crippen molar-refractivity contribution in [1.82, 2.24) is 9.80 Å². The van der Waals surface area contributed by atoms with Gasteiger partial charge in [-0.3, -0.25) is 9.80 Å². The van der Waals surface area contributed by atoms with E-state index in [0.29, 0.717) is 6.04 Å². The van der Waals surface area contributed by atoms with E-state index in [2.05, 4.69) is 23.6 Å². The number of likely N-dealkylation sites (N-methyl/N-ethyl adjacent to an activating group) is 1. The number of benzene rings is 1. The summed E-state index contributed by atoms with van der Waals surface area (Å²) in [6.45, 7) is 10.7. The lowest BCUT2D eigenvalue weighted by Gasteiger charge is -2.44. The molecule has 1 aliphatic heterocycles. The first-order chi connectivity index (χ1) is 9.52. The van der Waals surface area contributed by atoms with E-state index in [0.717, 1.165) is 31.7 Å². The van der Waals surface area contributed by atoms with E-state index in [-0.39, 0.29) is 17.9 Å². The van der Waals surface area contributed by atoms with Gasteiger partial charge >= 0.3 is 0 Å². The molecule has 0 spiro atoms. The Morgan fingerprint density at radius 2 is 1.95 bits per heavy atom. The van der Waals surface area contributed by atoms with Gasteiger partial charge in [0, 0.05) is 37.8 Å². The summed E-state index contributed by atoms with van der Waals surface area (Å²) < 4.78 is 13.1. The minimum absolute atomic E-state index is 0.0286. The zero-order valence-electron chi connectivity index (χ0n) is 12.7. The topological polar surface area (TPSA) is 32.5 Å². The third-order valence-corrected chi connectivity index (χ3v) is 4.31. The largest absolute Gasteiger partial charge is 0.326 e. The van der Waals surface area contributed by atoms with Gasteiger partial charge in [-0.1, -0.05) is 19.1 Å². The average molecular weight is 279 g/mol. The molecular weight excluding hydrogens is 253 g/mol. The number of halogens is 1. The molecule has 1 saturated heterocycles. The molecular formula is C16H26FN3. The van der Waals surface area contributed by atoms with Crippen LogP contribution in [0.2, 0.25) is 0 Å². The Balaban J connectivity index is 2.15. The molecule has 0 amide bonds. The molecule has 1 heterocycles. The molecule has 0 saturated carbocycles. The fraction of sp³-hybridized carbons (Fsp3) is 0.625. The normalized spacial score (nSPS) is 24.6. The fourth-order valence-corrected chi connectivity index (χ4v) is 3.25. The summed E-state index contributed by atoms with van der Waals surface area (Å²) >= 11 is 0. The van der Waals surface area contributed by atoms with Gasteiger partial charge in [-0.25, -0.2) is 4.39 Å². The van der Waals surface area contributed by atoms with Crippen molar-refractivity contribution in [2.24, 2.45) is 5.73 Å². The van der Waals surface area contributed by atoms with Crippen molar-refractivity contribution in [3.63, 3.8) is 0 Å². The molecule has 4 heteroatoms. The van der Waals surface area contributed by atoms with E-state index < -0.39 is 0 Å². The van der Waals surface area contributed by atoms with Crippen molar-refractivity contribution in [2.45, 2.75) is 38.9 Å². The second kappa shape index (κ2) is 6.66. The van der Waals surface area contributed by atoms with E-state index in [9.17, 15) is 4.39 Å². The van der Waals surface area contributed by atoms with E-state index in [1.807, 2.05) is 19.1 Å². The number of nitrogens with zero attached hydrogens (tertiary/aromatic N) is 2. The van der Waals surface area contributed by atoms with Crippen LogP contribution in [0.3, 0.4) is 0 Å². The monoisotopic (exact) mass is 279 g/mol. The van der Waals surface area contributed by atoms with E-state index in [1.54, 1.807) is 0 Å². The third kappa shape index (κ3) is 3.37. The third-order valence-electron chi connectivity index (χ3n) is 4.31. The second-order valence-electron chi connectivity index (χ2n) is 5.83. The van der Waals surface area contributed by atoms with E-state index in [1.165, 1.54) is 12.1 Å². The van der Waals surface area contributed by atoms with Crippen molar-refractivity contribution >= 4 is 0 Å². The Bertz CT molecular complexity index is 418. The quantitative estimate of drug-likeness (QED) is 0.917. The van der Waals surface area contributed by atoms with Gasteiger partial charge in [-0.15, -0.1) is 0 Å². The maximum Gasteiger partial charge on any atom is 0.123 e. The van der Waals surface area contributed by atoms with Gasteiger partial charge in [-0.05, 0) is 38.1 Å². The molecule has 112 valence electrons. The van der Waals surface area contributed by atoms with Crippen LogP contribution < -0.4 is 5.73 Å². The van der Waals surface area contributed by atoms with Gasteiger partial charge in [0.1, 0.15) is 5.82 Å². The summed E-state index contributed by atoms with van der Waals surface area (Å²) in [7, 11) is 0. The Hall–Kier alpha value is -0.970. The highest BCUT2D eigenvalue weighted by Gasteiger charge is 2.30. The van der Waals surface area contributed by atoms with Crippen LogP contribution in [-0.2, 0) is 0 Å². The number of hydrogen-bond donors (Lipinski definition) is 1. The maximum atomic E-state index is 13.1. The van der Waals surface area contributed by atoms with Crippen LogP contribution in [0.25, 0.3) is 0 Å². The summed E-state index contributed by atoms with van der Waals surface area (Å²) in [5, 5.41) is 0. The SMILES string of the molecule is CCN1CCN(C(c2ccc(F)cc2)C(C)N)CC1C. The fourth-order valence-electron chi connectivity index (χ4n) is 3.25. The zero-order valence-corrected chi connectivity index (χ0v) is 12.7. The molecule has 3 unspecified atom stereocenters. The van der Waals surface area contributed by atoms with Crippen LogP contribution in [0.15, 0.2) is 24.3 Å². The molecule has 3 nitrogen and oxygen atoms in total. The molecule has 2 rings (SSSR count). The van der Waals surface area contributed by atoms with Crippen LogP contribution in [0.5, 0.6) is 0 Å². The summed E-state index contributed by atoms with van der Waals surface area (Å²) in [5.74, 6) is -0.193. The van der Waals surface area contributed by atoms with Crippen LogP contribution in [0, 0.1) is 5.82 Å². The molecule has 2 N–H and O–H groups in total. The summed E-state index contributed by atoms with van der Waals surface area (Å²) in [4.78, 5) is 4.92. The molecule has 0 bridgehead atoms. The van der Waals surface area contributed by atoms with Crippen molar-refractivity contribution in [3.8, 4) is 0 Å². The molecule has 1 aliphatic rings. The zero-order chi connectivity index (χ0) is 14.7. The number of piperazine rings is 1. The van der Waals surface area contributed by atoms with E-state index >= 15 is 0 Å². The van der Waals surface area contributed by atoms with Crippen LogP contribution >= 0.6 is 0 Å². The molecule has 20 heavy (non-hydrogen) atoms. The van der Waals surface area contributed by atoms with Crippen molar-refractivity contribution < 1.29 is 4.39 Å². The standard InChI is InChI=1S/C16H26FN3/c1-4-19-9-10-20(11-12(19)2)16(13(3)18)14-5-7-15(17)8-6-14/h5-8,12-13,16H,4,9-11,18H2,1-3H3. The van der Waals surface area contributed by atoms with Crippen molar-refractivity contribution in [3.05, 3.63) is 35.6 Å². The smallest absolute Gasteiger partial charge is 0.123 e.